The molecule has 0 radical (unpaired) electrons. The van der Waals surface area contributed by atoms with E-state index < -0.39 is 0 Å². The Hall–Kier alpha value is -0.730. The van der Waals surface area contributed by atoms with E-state index in [1.807, 2.05) is 18.7 Å². The van der Waals surface area contributed by atoms with Crippen molar-refractivity contribution in [1.82, 2.24) is 20.6 Å². The maximum atomic E-state index is 12.2. The zero-order chi connectivity index (χ0) is 19.5. The van der Waals surface area contributed by atoms with Crippen LogP contribution >= 0.6 is 0 Å². The van der Waals surface area contributed by atoms with Crippen molar-refractivity contribution in [2.24, 2.45) is 17.8 Å². The number of amides is 1. The first kappa shape index (κ1) is 20.5. The van der Waals surface area contributed by atoms with Gasteiger partial charge in [0.25, 0.3) is 0 Å². The normalized spacial score (nSPS) is 36.2. The van der Waals surface area contributed by atoms with Crippen molar-refractivity contribution in [3.05, 3.63) is 0 Å². The topological polar surface area (TPSA) is 66.1 Å². The van der Waals surface area contributed by atoms with Gasteiger partial charge in [-0.25, -0.2) is 0 Å². The van der Waals surface area contributed by atoms with Crippen LogP contribution in [0.25, 0.3) is 0 Å². The summed E-state index contributed by atoms with van der Waals surface area (Å²) in [6, 6.07) is 0.598. The Morgan fingerprint density at radius 1 is 1.00 bits per heavy atom. The van der Waals surface area contributed by atoms with E-state index in [1.165, 1.54) is 25.7 Å². The summed E-state index contributed by atoms with van der Waals surface area (Å²) in [4.78, 5) is 23.0. The van der Waals surface area contributed by atoms with Gasteiger partial charge in [0.15, 0.2) is 0 Å². The highest BCUT2D eigenvalue weighted by Gasteiger charge is 2.42. The van der Waals surface area contributed by atoms with Crippen LogP contribution in [0.5, 0.6) is 0 Å². The van der Waals surface area contributed by atoms with E-state index in [9.17, 15) is 4.79 Å². The van der Waals surface area contributed by atoms with Gasteiger partial charge in [0, 0.05) is 44.1 Å². The van der Waals surface area contributed by atoms with Gasteiger partial charge in [0.2, 0.25) is 5.91 Å². The lowest BCUT2D eigenvalue weighted by Crippen LogP contribution is -2.54. The highest BCUT2D eigenvalue weighted by Crippen LogP contribution is 2.34. The predicted molar refractivity (Wildman–Crippen MR) is 107 cm³/mol. The molecule has 0 bridgehead atoms. The minimum absolute atomic E-state index is 0.0912. The van der Waals surface area contributed by atoms with Crippen LogP contribution in [0.3, 0.4) is 0 Å². The second kappa shape index (κ2) is 9.39. The van der Waals surface area contributed by atoms with Crippen LogP contribution in [-0.4, -0.2) is 73.5 Å². The van der Waals surface area contributed by atoms with Crippen LogP contribution in [-0.2, 0) is 14.4 Å². The summed E-state index contributed by atoms with van der Waals surface area (Å²) in [5.74, 6) is 1.43. The number of piperidine rings is 1. The summed E-state index contributed by atoms with van der Waals surface area (Å²) >= 11 is 0. The zero-order valence-electron chi connectivity index (χ0n) is 17.6. The lowest BCUT2D eigenvalue weighted by molar-refractivity contribution is -0.136. The van der Waals surface area contributed by atoms with Crippen molar-refractivity contribution in [2.75, 3.05) is 39.4 Å². The quantitative estimate of drug-likeness (QED) is 0.754. The molecule has 3 aliphatic heterocycles. The minimum atomic E-state index is 0.0912. The molecule has 1 amide bonds. The van der Waals surface area contributed by atoms with Gasteiger partial charge in [0.1, 0.15) is 6.23 Å². The Kier molecular flexibility index (Phi) is 6.89. The molecule has 4 aliphatic rings. The molecule has 3 saturated heterocycles. The molecular weight excluding hydrogens is 356 g/mol. The van der Waals surface area contributed by atoms with E-state index in [4.69, 9.17) is 9.57 Å². The second-order valence-electron chi connectivity index (χ2n) is 9.28. The fourth-order valence-electron chi connectivity index (χ4n) is 5.51. The van der Waals surface area contributed by atoms with Crippen LogP contribution in [0, 0.1) is 17.8 Å². The van der Waals surface area contributed by atoms with Gasteiger partial charge < -0.3 is 9.64 Å². The van der Waals surface area contributed by atoms with Crippen LogP contribution in [0.4, 0.5) is 0 Å². The molecule has 1 aliphatic carbocycles. The van der Waals surface area contributed by atoms with Crippen molar-refractivity contribution >= 4 is 5.91 Å². The number of nitrogens with zero attached hydrogens (tertiary/aromatic N) is 2. The van der Waals surface area contributed by atoms with Gasteiger partial charge in [0.05, 0.1) is 19.4 Å². The molecule has 7 heteroatoms. The largest absolute Gasteiger partial charge is 0.379 e. The highest BCUT2D eigenvalue weighted by molar-refractivity contribution is 5.78. The van der Waals surface area contributed by atoms with Gasteiger partial charge in [-0.2, -0.15) is 5.48 Å². The summed E-state index contributed by atoms with van der Waals surface area (Å²) in [6.45, 7) is 9.52. The molecule has 0 aromatic heterocycles. The predicted octanol–water partition coefficient (Wildman–Crippen LogP) is 1.55. The van der Waals surface area contributed by atoms with Crippen molar-refractivity contribution in [3.63, 3.8) is 0 Å². The van der Waals surface area contributed by atoms with Crippen molar-refractivity contribution < 1.29 is 14.4 Å². The molecule has 4 atom stereocenters. The van der Waals surface area contributed by atoms with Gasteiger partial charge in [-0.05, 0) is 31.6 Å². The number of hydrogen-bond acceptors (Lipinski definition) is 6. The molecule has 0 spiro atoms. The van der Waals surface area contributed by atoms with E-state index in [2.05, 4.69) is 15.7 Å². The minimum Gasteiger partial charge on any atom is -0.379 e. The lowest BCUT2D eigenvalue weighted by Gasteiger charge is -2.43. The van der Waals surface area contributed by atoms with Crippen LogP contribution in [0.1, 0.15) is 52.4 Å². The second-order valence-corrected chi connectivity index (χ2v) is 9.28. The summed E-state index contributed by atoms with van der Waals surface area (Å²) in [6.07, 6.45) is 7.50. The average molecular weight is 395 g/mol. The maximum absolute atomic E-state index is 12.2. The summed E-state index contributed by atoms with van der Waals surface area (Å²) in [7, 11) is 0. The highest BCUT2D eigenvalue weighted by atomic mass is 16.7. The van der Waals surface area contributed by atoms with Crippen molar-refractivity contribution in [2.45, 2.75) is 70.8 Å². The molecule has 1 saturated carbocycles. The molecule has 28 heavy (non-hydrogen) atoms. The average Bonchev–Trinajstić information content (AvgIpc) is 3.24. The molecule has 160 valence electrons. The molecule has 2 N–H and O–H groups in total. The zero-order valence-corrected chi connectivity index (χ0v) is 17.6. The number of morpholine rings is 1. The number of carbonyl (C=O) groups is 1. The van der Waals surface area contributed by atoms with Crippen LogP contribution in [0.15, 0.2) is 0 Å². The number of rotatable bonds is 4. The van der Waals surface area contributed by atoms with Gasteiger partial charge in [-0.1, -0.05) is 26.7 Å². The van der Waals surface area contributed by atoms with E-state index in [0.717, 1.165) is 52.2 Å². The number of likely N-dealkylation sites (tertiary alicyclic amines) is 1. The Morgan fingerprint density at radius 3 is 2.43 bits per heavy atom. The van der Waals surface area contributed by atoms with E-state index in [1.54, 1.807) is 0 Å². The molecular formula is C21H38N4O3. The Labute approximate surface area is 169 Å². The summed E-state index contributed by atoms with van der Waals surface area (Å²) in [5.41, 5.74) is 3.31. The number of nitrogens with one attached hydrogen (secondary N) is 2. The van der Waals surface area contributed by atoms with Gasteiger partial charge in [-0.3, -0.25) is 19.8 Å². The number of hydrogen-bond donors (Lipinski definition) is 2. The first-order valence-corrected chi connectivity index (χ1v) is 11.4. The van der Waals surface area contributed by atoms with E-state index >= 15 is 0 Å². The number of ether oxygens (including phenoxy) is 1. The van der Waals surface area contributed by atoms with Crippen molar-refractivity contribution in [1.29, 1.82) is 0 Å². The third-order valence-electron chi connectivity index (χ3n) is 7.17. The fraction of sp³-hybridized carbons (Fsp3) is 0.952. The maximum Gasteiger partial charge on any atom is 0.225 e. The van der Waals surface area contributed by atoms with E-state index in [0.29, 0.717) is 17.9 Å². The van der Waals surface area contributed by atoms with Gasteiger partial charge in [-0.15, -0.1) is 0 Å². The molecule has 0 aromatic carbocycles. The summed E-state index contributed by atoms with van der Waals surface area (Å²) in [5, 5.41) is 3.77. The fourth-order valence-corrected chi connectivity index (χ4v) is 5.51. The Bertz CT molecular complexity index is 518. The summed E-state index contributed by atoms with van der Waals surface area (Å²) < 4.78 is 5.56. The van der Waals surface area contributed by atoms with Crippen LogP contribution < -0.4 is 10.8 Å². The molecule has 4 unspecified atom stereocenters. The molecule has 0 aromatic rings. The Morgan fingerprint density at radius 2 is 1.71 bits per heavy atom. The van der Waals surface area contributed by atoms with Gasteiger partial charge >= 0.3 is 0 Å². The van der Waals surface area contributed by atoms with Crippen molar-refractivity contribution in [3.8, 4) is 0 Å². The molecule has 3 heterocycles. The molecule has 4 rings (SSSR count). The third kappa shape index (κ3) is 4.54. The smallest absolute Gasteiger partial charge is 0.225 e. The Balaban J connectivity index is 1.30. The lowest BCUT2D eigenvalue weighted by atomic mass is 9.81. The van der Waals surface area contributed by atoms with Crippen LogP contribution in [0.2, 0.25) is 0 Å². The SMILES string of the molecule is CC(C)C(=O)N1CCC(C2NOC(C3CCCCC3N3CCOCC3)N2)CC1. The van der Waals surface area contributed by atoms with E-state index in [-0.39, 0.29) is 24.2 Å². The molecule has 4 fully saturated rings. The third-order valence-corrected chi connectivity index (χ3v) is 7.17. The monoisotopic (exact) mass is 394 g/mol. The standard InChI is InChI=1S/C21H38N4O3/c1-15(2)21(26)25-9-7-16(8-10-25)19-22-20(28-23-19)17-5-3-4-6-18(17)24-11-13-27-14-12-24/h15-20,22-23H,3-14H2,1-2H3. The first-order valence-electron chi connectivity index (χ1n) is 11.4. The molecule has 7 nitrogen and oxygen atoms in total. The first-order chi connectivity index (χ1) is 13.6. The number of hydroxylamine groups is 1. The number of carbonyl (C=O) groups excluding carboxylic acids is 1.